The van der Waals surface area contributed by atoms with Crippen molar-refractivity contribution in [2.75, 3.05) is 52.2 Å². The Morgan fingerprint density at radius 2 is 1.06 bits per heavy atom. The molecule has 0 unspecified atom stereocenters. The molecule has 0 rings (SSSR count). The summed E-state index contributed by atoms with van der Waals surface area (Å²) >= 11 is 23.2. The Hall–Kier alpha value is 1.92. The van der Waals surface area contributed by atoms with Gasteiger partial charge in [0.2, 0.25) is 0 Å². The molecule has 0 heterocycles. The molecule has 0 bridgehead atoms. The molecule has 0 aliphatic carbocycles. The third kappa shape index (κ3) is 9.77. The first-order chi connectivity index (χ1) is 8.74. The summed E-state index contributed by atoms with van der Waals surface area (Å²) < 4.78 is 0. The van der Waals surface area contributed by atoms with Crippen LogP contribution >= 0.6 is 70.1 Å². The molecule has 0 radical (unpaired) electrons. The number of alkyl halides is 3. The minimum absolute atomic E-state index is 0.407. The molecule has 0 amide bonds. The van der Waals surface area contributed by atoms with Gasteiger partial charge in [0.25, 0.3) is 0 Å². The SMILES string of the molecule is CCC(CSCCCl)(CSCCCl)CSCCCl. The first-order valence-corrected chi connectivity index (χ1v) is 11.2. The van der Waals surface area contributed by atoms with Crippen LogP contribution in [0, 0.1) is 5.41 Å². The molecule has 0 aliphatic rings. The smallest absolute Gasteiger partial charge is 0.0314 e. The fourth-order valence-corrected chi connectivity index (χ4v) is 6.11. The minimum atomic E-state index is 0.407. The van der Waals surface area contributed by atoms with E-state index in [1.54, 1.807) is 0 Å². The molecule has 0 atom stereocenters. The summed E-state index contributed by atoms with van der Waals surface area (Å²) in [6, 6.07) is 0. The maximum atomic E-state index is 5.76. The van der Waals surface area contributed by atoms with Crippen molar-refractivity contribution in [3.05, 3.63) is 0 Å². The van der Waals surface area contributed by atoms with Crippen LogP contribution in [0.1, 0.15) is 13.3 Å². The van der Waals surface area contributed by atoms with E-state index < -0.39 is 0 Å². The zero-order chi connectivity index (χ0) is 13.7. The molecule has 0 nitrogen and oxygen atoms in total. The van der Waals surface area contributed by atoms with Crippen LogP contribution < -0.4 is 0 Å². The molecule has 0 spiro atoms. The number of thioether (sulfide) groups is 3. The molecular formula is C12H23Cl3S3. The number of rotatable bonds is 13. The predicted molar refractivity (Wildman–Crippen MR) is 96.9 cm³/mol. The van der Waals surface area contributed by atoms with Crippen molar-refractivity contribution in [2.45, 2.75) is 13.3 Å². The van der Waals surface area contributed by atoms with Crippen molar-refractivity contribution in [1.82, 2.24) is 0 Å². The lowest BCUT2D eigenvalue weighted by molar-refractivity contribution is 0.428. The van der Waals surface area contributed by atoms with Gasteiger partial charge in [0, 0.05) is 52.2 Å². The van der Waals surface area contributed by atoms with E-state index >= 15 is 0 Å². The Labute approximate surface area is 140 Å². The third-order valence-corrected chi connectivity index (χ3v) is 7.81. The fourth-order valence-electron chi connectivity index (χ4n) is 1.46. The molecule has 0 fully saturated rings. The molecule has 0 aromatic heterocycles. The first kappa shape index (κ1) is 19.9. The highest BCUT2D eigenvalue weighted by Crippen LogP contribution is 2.35. The van der Waals surface area contributed by atoms with Crippen LogP contribution in [0.25, 0.3) is 0 Å². The van der Waals surface area contributed by atoms with Crippen LogP contribution in [0.2, 0.25) is 0 Å². The van der Waals surface area contributed by atoms with Crippen molar-refractivity contribution in [3.8, 4) is 0 Å². The monoisotopic (exact) mass is 368 g/mol. The highest BCUT2D eigenvalue weighted by Gasteiger charge is 2.27. The van der Waals surface area contributed by atoms with Gasteiger partial charge >= 0.3 is 0 Å². The molecular weight excluding hydrogens is 347 g/mol. The lowest BCUT2D eigenvalue weighted by atomic mass is 9.92. The zero-order valence-electron chi connectivity index (χ0n) is 10.9. The normalized spacial score (nSPS) is 12.0. The van der Waals surface area contributed by atoms with Crippen LogP contribution in [0.15, 0.2) is 0 Å². The molecule has 0 saturated heterocycles. The summed E-state index contributed by atoms with van der Waals surface area (Å²) in [7, 11) is 0. The first-order valence-electron chi connectivity index (χ1n) is 6.16. The lowest BCUT2D eigenvalue weighted by Gasteiger charge is -2.32. The Balaban J connectivity index is 4.20. The second kappa shape index (κ2) is 13.9. The molecule has 0 aromatic rings. The van der Waals surface area contributed by atoms with E-state index in [1.165, 1.54) is 23.7 Å². The van der Waals surface area contributed by atoms with Gasteiger partial charge in [0.05, 0.1) is 0 Å². The third-order valence-electron chi connectivity index (χ3n) is 2.64. The Morgan fingerprint density at radius 1 is 0.722 bits per heavy atom. The molecule has 0 aliphatic heterocycles. The van der Waals surface area contributed by atoms with E-state index in [1.807, 2.05) is 35.3 Å². The van der Waals surface area contributed by atoms with Gasteiger partial charge in [-0.15, -0.1) is 34.8 Å². The van der Waals surface area contributed by atoms with E-state index in [2.05, 4.69) is 6.92 Å². The van der Waals surface area contributed by atoms with Gasteiger partial charge in [0.1, 0.15) is 0 Å². The van der Waals surface area contributed by atoms with Gasteiger partial charge in [0.15, 0.2) is 0 Å². The second-order valence-corrected chi connectivity index (χ2v) is 8.53. The van der Waals surface area contributed by atoms with E-state index in [9.17, 15) is 0 Å². The van der Waals surface area contributed by atoms with Gasteiger partial charge in [-0.3, -0.25) is 0 Å². The quantitative estimate of drug-likeness (QED) is 0.319. The highest BCUT2D eigenvalue weighted by atomic mass is 35.5. The van der Waals surface area contributed by atoms with Crippen molar-refractivity contribution >= 4 is 70.1 Å². The standard InChI is InChI=1S/C12H23Cl3S3/c1-2-12(9-16-6-3-13,10-17-7-4-14)11-18-8-5-15/h2-11H2,1H3. The van der Waals surface area contributed by atoms with Gasteiger partial charge in [-0.1, -0.05) is 6.92 Å². The van der Waals surface area contributed by atoms with Gasteiger partial charge in [-0.05, 0) is 11.8 Å². The summed E-state index contributed by atoms with van der Waals surface area (Å²) in [5.74, 6) is 8.95. The summed E-state index contributed by atoms with van der Waals surface area (Å²) in [4.78, 5) is 0. The fraction of sp³-hybridized carbons (Fsp3) is 1.00. The van der Waals surface area contributed by atoms with Crippen molar-refractivity contribution in [1.29, 1.82) is 0 Å². The predicted octanol–water partition coefficient (Wildman–Crippen LogP) is 5.30. The Bertz CT molecular complexity index is 155. The van der Waals surface area contributed by atoms with E-state index in [0.29, 0.717) is 5.41 Å². The maximum absolute atomic E-state index is 5.76. The van der Waals surface area contributed by atoms with Crippen LogP contribution in [0.4, 0.5) is 0 Å². The Morgan fingerprint density at radius 3 is 1.28 bits per heavy atom. The number of hydrogen-bond acceptors (Lipinski definition) is 3. The average molecular weight is 370 g/mol. The van der Waals surface area contributed by atoms with Crippen molar-refractivity contribution in [2.24, 2.45) is 5.41 Å². The topological polar surface area (TPSA) is 0 Å². The Kier molecular flexibility index (Phi) is 15.4. The molecule has 0 saturated carbocycles. The molecule has 18 heavy (non-hydrogen) atoms. The zero-order valence-corrected chi connectivity index (χ0v) is 15.6. The van der Waals surface area contributed by atoms with E-state index in [-0.39, 0.29) is 0 Å². The number of halogens is 3. The summed E-state index contributed by atoms with van der Waals surface area (Å²) in [6.07, 6.45) is 1.22. The lowest BCUT2D eigenvalue weighted by Crippen LogP contribution is -2.30. The van der Waals surface area contributed by atoms with Crippen molar-refractivity contribution in [3.63, 3.8) is 0 Å². The van der Waals surface area contributed by atoms with Crippen molar-refractivity contribution < 1.29 is 0 Å². The molecule has 0 N–H and O–H groups in total. The van der Waals surface area contributed by atoms with Crippen LogP contribution in [0.3, 0.4) is 0 Å². The average Bonchev–Trinajstić information content (AvgIpc) is 2.39. The summed E-state index contributed by atoms with van der Waals surface area (Å²) in [5, 5.41) is 0. The molecule has 110 valence electrons. The van der Waals surface area contributed by atoms with Crippen LogP contribution in [-0.4, -0.2) is 52.2 Å². The number of hydrogen-bond donors (Lipinski definition) is 0. The van der Waals surface area contributed by atoms with Crippen LogP contribution in [0.5, 0.6) is 0 Å². The van der Waals surface area contributed by atoms with Gasteiger partial charge in [-0.25, -0.2) is 0 Å². The maximum Gasteiger partial charge on any atom is 0.0314 e. The van der Waals surface area contributed by atoms with E-state index in [0.717, 1.165) is 34.9 Å². The second-order valence-electron chi connectivity index (χ2n) is 4.08. The summed E-state index contributed by atoms with van der Waals surface area (Å²) in [6.45, 7) is 2.30. The van der Waals surface area contributed by atoms with Gasteiger partial charge in [-0.2, -0.15) is 35.3 Å². The highest BCUT2D eigenvalue weighted by molar-refractivity contribution is 8.01. The van der Waals surface area contributed by atoms with Crippen LogP contribution in [-0.2, 0) is 0 Å². The van der Waals surface area contributed by atoms with E-state index in [4.69, 9.17) is 34.8 Å². The minimum Gasteiger partial charge on any atom is -0.160 e. The summed E-state index contributed by atoms with van der Waals surface area (Å²) in [5.41, 5.74) is 0.407. The molecule has 6 heteroatoms. The largest absolute Gasteiger partial charge is 0.160 e. The van der Waals surface area contributed by atoms with Gasteiger partial charge < -0.3 is 0 Å². The molecule has 0 aromatic carbocycles.